The zero-order valence-corrected chi connectivity index (χ0v) is 23.3. The van der Waals surface area contributed by atoms with Crippen LogP contribution in [0.15, 0.2) is 47.6 Å². The molecule has 0 bridgehead atoms. The summed E-state index contributed by atoms with van der Waals surface area (Å²) in [5, 5.41) is 0. The SMILES string of the molecule is C=C1C(=CC=C2CCCC3(C)C2CCC3C(C)C=CC(C)C(C)(C)CC)CC(C)CC1CC. The molecule has 0 saturated heterocycles. The van der Waals surface area contributed by atoms with Gasteiger partial charge in [-0.25, -0.2) is 0 Å². The first kappa shape index (κ1) is 26.6. The Morgan fingerprint density at radius 2 is 1.85 bits per heavy atom. The van der Waals surface area contributed by atoms with Crippen LogP contribution >= 0.6 is 0 Å². The van der Waals surface area contributed by atoms with Gasteiger partial charge in [0.15, 0.2) is 0 Å². The van der Waals surface area contributed by atoms with Crippen LogP contribution in [0.25, 0.3) is 0 Å². The summed E-state index contributed by atoms with van der Waals surface area (Å²) in [5.41, 5.74) is 5.58. The third kappa shape index (κ3) is 5.62. The van der Waals surface area contributed by atoms with Gasteiger partial charge in [0.1, 0.15) is 0 Å². The Hall–Kier alpha value is -1.04. The van der Waals surface area contributed by atoms with Crippen LogP contribution in [0.1, 0.15) is 113 Å². The molecule has 0 aromatic heterocycles. The first-order chi connectivity index (χ1) is 15.5. The first-order valence-electron chi connectivity index (χ1n) is 14.3. The van der Waals surface area contributed by atoms with Crippen LogP contribution in [0.3, 0.4) is 0 Å². The molecule has 0 heterocycles. The number of rotatable bonds is 7. The van der Waals surface area contributed by atoms with E-state index in [9.17, 15) is 0 Å². The maximum atomic E-state index is 4.51. The maximum Gasteiger partial charge on any atom is -0.0143 e. The van der Waals surface area contributed by atoms with Crippen LogP contribution in [-0.4, -0.2) is 0 Å². The molecule has 33 heavy (non-hydrogen) atoms. The molecule has 0 aromatic carbocycles. The molecule has 186 valence electrons. The zero-order valence-electron chi connectivity index (χ0n) is 23.3. The standard InChI is InChI=1S/C33H54/c1-10-27-21-23(3)22-29(26(27)6)17-16-28-13-12-20-33(9)30(18-19-31(28)33)24(4)14-15-25(5)32(7,8)11-2/h14-17,23-25,27,30-31H,6,10-13,18-22H2,1-5,7-9H3. The van der Waals surface area contributed by atoms with Crippen LogP contribution < -0.4 is 0 Å². The lowest BCUT2D eigenvalue weighted by Gasteiger charge is -2.44. The van der Waals surface area contributed by atoms with E-state index in [2.05, 4.69) is 86.3 Å². The highest BCUT2D eigenvalue weighted by molar-refractivity contribution is 5.37. The average Bonchev–Trinajstić information content (AvgIpc) is 3.14. The molecule has 7 atom stereocenters. The Bertz CT molecular complexity index is 774. The minimum absolute atomic E-state index is 0.393. The molecule has 0 N–H and O–H groups in total. The number of allylic oxidation sites excluding steroid dienone is 7. The van der Waals surface area contributed by atoms with Crippen molar-refractivity contribution in [2.24, 2.45) is 46.3 Å². The van der Waals surface area contributed by atoms with E-state index >= 15 is 0 Å². The predicted octanol–water partition coefficient (Wildman–Crippen LogP) is 10.3. The second-order valence-corrected chi connectivity index (χ2v) is 13.1. The summed E-state index contributed by atoms with van der Waals surface area (Å²) in [6.45, 7) is 24.0. The smallest absolute Gasteiger partial charge is 0.0143 e. The van der Waals surface area contributed by atoms with E-state index in [4.69, 9.17) is 0 Å². The summed E-state index contributed by atoms with van der Waals surface area (Å²) in [6, 6.07) is 0. The van der Waals surface area contributed by atoms with E-state index in [1.165, 1.54) is 63.4 Å². The predicted molar refractivity (Wildman–Crippen MR) is 147 cm³/mol. The summed E-state index contributed by atoms with van der Waals surface area (Å²) in [5.74, 6) is 4.41. The quantitative estimate of drug-likeness (QED) is 0.338. The molecular formula is C33H54. The summed E-state index contributed by atoms with van der Waals surface area (Å²) >= 11 is 0. The van der Waals surface area contributed by atoms with Gasteiger partial charge in [-0.1, -0.05) is 98.3 Å². The van der Waals surface area contributed by atoms with Crippen molar-refractivity contribution >= 4 is 0 Å². The van der Waals surface area contributed by atoms with Crippen LogP contribution in [0.2, 0.25) is 0 Å². The monoisotopic (exact) mass is 450 g/mol. The molecule has 0 amide bonds. The van der Waals surface area contributed by atoms with Gasteiger partial charge in [-0.3, -0.25) is 0 Å². The van der Waals surface area contributed by atoms with Gasteiger partial charge in [0.2, 0.25) is 0 Å². The van der Waals surface area contributed by atoms with Crippen molar-refractivity contribution < 1.29 is 0 Å². The van der Waals surface area contributed by atoms with Crippen molar-refractivity contribution in [2.75, 3.05) is 0 Å². The van der Waals surface area contributed by atoms with Gasteiger partial charge in [-0.15, -0.1) is 0 Å². The third-order valence-electron chi connectivity index (χ3n) is 10.7. The molecule has 3 aliphatic rings. The second-order valence-electron chi connectivity index (χ2n) is 13.1. The molecule has 3 fully saturated rings. The van der Waals surface area contributed by atoms with E-state index in [-0.39, 0.29) is 0 Å². The lowest BCUT2D eigenvalue weighted by Crippen LogP contribution is -2.35. The minimum Gasteiger partial charge on any atom is -0.0953 e. The molecule has 0 spiro atoms. The van der Waals surface area contributed by atoms with Crippen LogP contribution in [0, 0.1) is 46.3 Å². The Morgan fingerprint density at radius 3 is 2.52 bits per heavy atom. The highest BCUT2D eigenvalue weighted by Gasteiger charge is 2.50. The third-order valence-corrected chi connectivity index (χ3v) is 10.7. The fourth-order valence-corrected chi connectivity index (χ4v) is 7.48. The lowest BCUT2D eigenvalue weighted by molar-refractivity contribution is 0.112. The topological polar surface area (TPSA) is 0 Å². The fourth-order valence-electron chi connectivity index (χ4n) is 7.48. The van der Waals surface area contributed by atoms with E-state index in [1.807, 2.05) is 0 Å². The molecule has 0 heteroatoms. The molecular weight excluding hydrogens is 396 g/mol. The van der Waals surface area contributed by atoms with Crippen molar-refractivity contribution in [3.8, 4) is 0 Å². The molecule has 0 aromatic rings. The van der Waals surface area contributed by atoms with Crippen LogP contribution in [0.5, 0.6) is 0 Å². The average molecular weight is 451 g/mol. The Kier molecular flexibility index (Phi) is 8.61. The summed E-state index contributed by atoms with van der Waals surface area (Å²) in [6.07, 6.45) is 22.1. The molecule has 0 radical (unpaired) electrons. The molecule has 3 rings (SSSR count). The van der Waals surface area contributed by atoms with Gasteiger partial charge >= 0.3 is 0 Å². The highest BCUT2D eigenvalue weighted by atomic mass is 14.5. The van der Waals surface area contributed by atoms with Crippen LogP contribution in [-0.2, 0) is 0 Å². The van der Waals surface area contributed by atoms with Crippen molar-refractivity contribution in [1.82, 2.24) is 0 Å². The minimum atomic E-state index is 0.393. The number of hydrogen-bond acceptors (Lipinski definition) is 0. The van der Waals surface area contributed by atoms with Gasteiger partial charge in [0.05, 0.1) is 0 Å². The van der Waals surface area contributed by atoms with Crippen molar-refractivity contribution in [2.45, 2.75) is 113 Å². The van der Waals surface area contributed by atoms with Crippen molar-refractivity contribution in [3.05, 3.63) is 47.6 Å². The van der Waals surface area contributed by atoms with Gasteiger partial charge in [-0.05, 0) is 109 Å². The molecule has 3 aliphatic carbocycles. The number of fused-ring (bicyclic) bond motifs is 1. The van der Waals surface area contributed by atoms with Gasteiger partial charge in [0, 0.05) is 0 Å². The fraction of sp³-hybridized carbons (Fsp3) is 0.758. The van der Waals surface area contributed by atoms with Gasteiger partial charge < -0.3 is 0 Å². The largest absolute Gasteiger partial charge is 0.0953 e. The zero-order chi connectivity index (χ0) is 24.4. The van der Waals surface area contributed by atoms with Gasteiger partial charge in [-0.2, -0.15) is 0 Å². The Morgan fingerprint density at radius 1 is 1.12 bits per heavy atom. The Labute approximate surface area is 207 Å². The first-order valence-corrected chi connectivity index (χ1v) is 14.3. The van der Waals surface area contributed by atoms with Crippen molar-refractivity contribution in [3.63, 3.8) is 0 Å². The van der Waals surface area contributed by atoms with E-state index in [0.29, 0.717) is 28.6 Å². The molecule has 0 aliphatic heterocycles. The van der Waals surface area contributed by atoms with Crippen LogP contribution in [0.4, 0.5) is 0 Å². The van der Waals surface area contributed by atoms with E-state index < -0.39 is 0 Å². The molecule has 7 unspecified atom stereocenters. The Balaban J connectivity index is 1.76. The lowest BCUT2D eigenvalue weighted by atomic mass is 9.61. The van der Waals surface area contributed by atoms with Gasteiger partial charge in [0.25, 0.3) is 0 Å². The molecule has 3 saturated carbocycles. The summed E-state index contributed by atoms with van der Waals surface area (Å²) in [4.78, 5) is 0. The van der Waals surface area contributed by atoms with E-state index in [0.717, 1.165) is 17.8 Å². The van der Waals surface area contributed by atoms with E-state index in [1.54, 1.807) is 11.1 Å². The summed E-state index contributed by atoms with van der Waals surface area (Å²) < 4.78 is 0. The highest BCUT2D eigenvalue weighted by Crippen LogP contribution is 2.59. The van der Waals surface area contributed by atoms with Crippen molar-refractivity contribution in [1.29, 1.82) is 0 Å². The normalized spacial score (nSPS) is 37.6. The maximum absolute atomic E-state index is 4.51. The number of hydrogen-bond donors (Lipinski definition) is 0. The molecule has 0 nitrogen and oxygen atoms in total. The summed E-state index contributed by atoms with van der Waals surface area (Å²) in [7, 11) is 0. The second kappa shape index (κ2) is 10.7.